The molecule has 0 N–H and O–H groups in total. The van der Waals surface area contributed by atoms with Crippen LogP contribution in [0.2, 0.25) is 5.02 Å². The van der Waals surface area contributed by atoms with Crippen LogP contribution in [0.15, 0.2) is 18.2 Å². The van der Waals surface area contributed by atoms with E-state index in [0.717, 1.165) is 0 Å². The van der Waals surface area contributed by atoms with Crippen molar-refractivity contribution in [3.63, 3.8) is 0 Å². The zero-order valence-corrected chi connectivity index (χ0v) is 16.1. The number of hydrogen-bond acceptors (Lipinski definition) is 6. The van der Waals surface area contributed by atoms with Gasteiger partial charge in [-0.05, 0) is 37.8 Å². The minimum absolute atomic E-state index is 0.242. The summed E-state index contributed by atoms with van der Waals surface area (Å²) in [6, 6.07) is 4.88. The molecule has 0 saturated carbocycles. The summed E-state index contributed by atoms with van der Waals surface area (Å²) in [5.74, 6) is -0.230. The van der Waals surface area contributed by atoms with E-state index in [-0.39, 0.29) is 23.9 Å². The third-order valence-electron chi connectivity index (χ3n) is 3.09. The van der Waals surface area contributed by atoms with Crippen LogP contribution >= 0.6 is 28.7 Å². The van der Waals surface area contributed by atoms with Gasteiger partial charge in [-0.15, -0.1) is 0 Å². The van der Waals surface area contributed by atoms with E-state index in [1.165, 1.54) is 16.3 Å². The summed E-state index contributed by atoms with van der Waals surface area (Å²) in [4.78, 5) is 25.9. The van der Waals surface area contributed by atoms with Gasteiger partial charge in [-0.1, -0.05) is 29.0 Å². The summed E-state index contributed by atoms with van der Waals surface area (Å²) < 4.78 is 11.1. The van der Waals surface area contributed by atoms with Gasteiger partial charge in [0.25, 0.3) is 11.8 Å². The molecule has 9 heteroatoms. The number of rotatable bonds is 8. The highest BCUT2D eigenvalue weighted by molar-refractivity contribution is 8.67. The Balaban J connectivity index is 2.03. The predicted octanol–water partition coefficient (Wildman–Crippen LogP) is 3.97. The van der Waals surface area contributed by atoms with Crippen LogP contribution in [0.3, 0.4) is 0 Å². The molecule has 0 spiro atoms. The van der Waals surface area contributed by atoms with E-state index in [2.05, 4.69) is 0 Å². The molecule has 2 rings (SSSR count). The number of carbonyl (C=O) groups excluding carboxylic acids is 2. The first kappa shape index (κ1) is 18.9. The second kappa shape index (κ2) is 8.10. The quantitative estimate of drug-likeness (QED) is 0.492. The average Bonchev–Trinajstić information content (AvgIpc) is 2.74. The third kappa shape index (κ3) is 4.16. The normalized spacial score (nSPS) is 14.5. The maximum absolute atomic E-state index is 12.4. The van der Waals surface area contributed by atoms with E-state index in [1.54, 1.807) is 18.2 Å². The second-order valence-electron chi connectivity index (χ2n) is 4.54. The molecule has 1 aliphatic rings. The molecule has 0 aliphatic carbocycles. The number of fused-ring (bicyclic) bond motifs is 1. The Bertz CT molecular complexity index is 660. The molecule has 0 radical (unpaired) electrons. The van der Waals surface area contributed by atoms with Gasteiger partial charge >= 0.3 is 0 Å². The lowest BCUT2D eigenvalue weighted by Crippen LogP contribution is -2.31. The molecule has 0 bridgehead atoms. The fourth-order valence-electron chi connectivity index (χ4n) is 2.17. The van der Waals surface area contributed by atoms with Gasteiger partial charge < -0.3 is 9.05 Å². The minimum atomic E-state index is -2.42. The molecular formula is C14H17ClNO4PS2. The fourth-order valence-corrected chi connectivity index (χ4v) is 7.07. The van der Waals surface area contributed by atoms with Crippen molar-refractivity contribution < 1.29 is 18.6 Å². The highest BCUT2D eigenvalue weighted by atomic mass is 35.5. The number of imide groups is 1. The molecule has 1 heterocycles. The highest BCUT2D eigenvalue weighted by Gasteiger charge is 2.37. The van der Waals surface area contributed by atoms with Crippen molar-refractivity contribution in [2.24, 2.45) is 0 Å². The second-order valence-corrected chi connectivity index (χ2v) is 11.4. The van der Waals surface area contributed by atoms with Gasteiger partial charge in [0.15, 0.2) is 0 Å². The van der Waals surface area contributed by atoms with Crippen molar-refractivity contribution in [1.29, 1.82) is 0 Å². The highest BCUT2D eigenvalue weighted by Crippen LogP contribution is 2.60. The van der Waals surface area contributed by atoms with E-state index < -0.39 is 5.69 Å². The summed E-state index contributed by atoms with van der Waals surface area (Å²) in [5, 5.41) is 0.296. The van der Waals surface area contributed by atoms with E-state index in [9.17, 15) is 9.59 Å². The van der Waals surface area contributed by atoms with Crippen LogP contribution in [0.4, 0.5) is 0 Å². The van der Waals surface area contributed by atoms with Gasteiger partial charge in [0.05, 0.1) is 29.4 Å². The van der Waals surface area contributed by atoms with Crippen molar-refractivity contribution in [1.82, 2.24) is 4.90 Å². The maximum atomic E-state index is 12.4. The molecular weight excluding hydrogens is 377 g/mol. The number of amides is 2. The average molecular weight is 394 g/mol. The SMILES string of the molecule is CCOP(=S)(OCC)SCCN1C(=O)c2cccc(Cl)c2C1=O. The number of hydrogen-bond donors (Lipinski definition) is 0. The molecule has 1 aromatic rings. The Morgan fingerprint density at radius 3 is 2.43 bits per heavy atom. The fraction of sp³-hybridized carbons (Fsp3) is 0.429. The first-order valence-corrected chi connectivity index (χ1v) is 11.7. The molecule has 0 atom stereocenters. The Morgan fingerprint density at radius 1 is 1.22 bits per heavy atom. The summed E-state index contributed by atoms with van der Waals surface area (Å²) >= 11 is 12.8. The molecule has 5 nitrogen and oxygen atoms in total. The minimum Gasteiger partial charge on any atom is -0.322 e. The molecule has 0 saturated heterocycles. The molecule has 23 heavy (non-hydrogen) atoms. The Kier molecular flexibility index (Phi) is 6.66. The number of benzene rings is 1. The predicted molar refractivity (Wildman–Crippen MR) is 96.8 cm³/mol. The Morgan fingerprint density at radius 2 is 1.87 bits per heavy atom. The van der Waals surface area contributed by atoms with Gasteiger partial charge in [-0.25, -0.2) is 0 Å². The number of carbonyl (C=O) groups is 2. The largest absolute Gasteiger partial charge is 0.322 e. The van der Waals surface area contributed by atoms with Crippen LogP contribution in [0, 0.1) is 0 Å². The van der Waals surface area contributed by atoms with Gasteiger partial charge in [0, 0.05) is 12.3 Å². The summed E-state index contributed by atoms with van der Waals surface area (Å²) in [7, 11) is 0. The number of nitrogens with zero attached hydrogens (tertiary/aromatic N) is 1. The molecule has 0 unspecified atom stereocenters. The van der Waals surface area contributed by atoms with Crippen LogP contribution in [0.1, 0.15) is 34.6 Å². The lowest BCUT2D eigenvalue weighted by atomic mass is 10.1. The Hall–Kier alpha value is -0.430. The van der Waals surface area contributed by atoms with Crippen LogP contribution in [0.25, 0.3) is 0 Å². The summed E-state index contributed by atoms with van der Waals surface area (Å²) in [6.07, 6.45) is 0. The van der Waals surface area contributed by atoms with Gasteiger partial charge in [-0.3, -0.25) is 14.5 Å². The van der Waals surface area contributed by atoms with Crippen LogP contribution in [-0.2, 0) is 20.9 Å². The molecule has 1 aromatic carbocycles. The van der Waals surface area contributed by atoms with Crippen molar-refractivity contribution in [3.8, 4) is 0 Å². The molecule has 1 aliphatic heterocycles. The van der Waals surface area contributed by atoms with Crippen molar-refractivity contribution in [2.75, 3.05) is 25.5 Å². The zero-order valence-electron chi connectivity index (χ0n) is 12.8. The van der Waals surface area contributed by atoms with E-state index >= 15 is 0 Å². The molecule has 0 fully saturated rings. The standard InChI is InChI=1S/C14H17ClNO4PS2/c1-3-19-21(22,20-4-2)23-9-8-16-13(17)10-6-5-7-11(15)12(10)14(16)18/h5-7H,3-4,8-9H2,1-2H3. The van der Waals surface area contributed by atoms with Crippen molar-refractivity contribution >= 4 is 52.3 Å². The lowest BCUT2D eigenvalue weighted by Gasteiger charge is -2.21. The Labute approximate surface area is 149 Å². The number of halogens is 1. The topological polar surface area (TPSA) is 55.8 Å². The molecule has 126 valence electrons. The summed E-state index contributed by atoms with van der Waals surface area (Å²) in [6.45, 7) is 4.88. The van der Waals surface area contributed by atoms with E-state index in [0.29, 0.717) is 29.6 Å². The van der Waals surface area contributed by atoms with Gasteiger partial charge in [-0.2, -0.15) is 0 Å². The lowest BCUT2D eigenvalue weighted by molar-refractivity contribution is 0.0664. The molecule has 2 amide bonds. The monoisotopic (exact) mass is 393 g/mol. The van der Waals surface area contributed by atoms with E-state index in [1.807, 2.05) is 13.8 Å². The van der Waals surface area contributed by atoms with Crippen molar-refractivity contribution in [3.05, 3.63) is 34.3 Å². The maximum Gasteiger partial charge on any atom is 0.263 e. The third-order valence-corrected chi connectivity index (χ3v) is 8.94. The zero-order chi connectivity index (χ0) is 17.0. The van der Waals surface area contributed by atoms with Gasteiger partial charge in [0.2, 0.25) is 5.69 Å². The van der Waals surface area contributed by atoms with Crippen LogP contribution in [0.5, 0.6) is 0 Å². The summed E-state index contributed by atoms with van der Waals surface area (Å²) in [5.41, 5.74) is -1.80. The van der Waals surface area contributed by atoms with Crippen molar-refractivity contribution in [2.45, 2.75) is 13.8 Å². The van der Waals surface area contributed by atoms with Crippen LogP contribution in [-0.4, -0.2) is 42.2 Å². The van der Waals surface area contributed by atoms with Gasteiger partial charge in [0.1, 0.15) is 0 Å². The smallest absolute Gasteiger partial charge is 0.263 e. The van der Waals surface area contributed by atoms with E-state index in [4.69, 9.17) is 32.5 Å². The molecule has 0 aromatic heterocycles. The van der Waals surface area contributed by atoms with Crippen LogP contribution < -0.4 is 0 Å². The first-order valence-electron chi connectivity index (χ1n) is 7.12. The first-order chi connectivity index (χ1) is 10.9.